The van der Waals surface area contributed by atoms with Crippen LogP contribution in [0.4, 0.5) is 0 Å². The fourth-order valence-electron chi connectivity index (χ4n) is 1.34. The normalized spacial score (nSPS) is 11.5. The Hall–Kier alpha value is -0.930. The zero-order chi connectivity index (χ0) is 10.6. The molecule has 0 aliphatic carbocycles. The van der Waals surface area contributed by atoms with Crippen molar-refractivity contribution in [3.8, 4) is 11.5 Å². The molecule has 86 valence electrons. The van der Waals surface area contributed by atoms with E-state index in [1.807, 2.05) is 25.1 Å². The molecule has 0 aliphatic rings. The SMILES string of the molecule is CC[C@H](N)c1ccc(OC)cc1OC.Cl. The quantitative estimate of drug-likeness (QED) is 0.866. The van der Waals surface area contributed by atoms with E-state index in [2.05, 4.69) is 0 Å². The van der Waals surface area contributed by atoms with Crippen LogP contribution in [0.15, 0.2) is 18.2 Å². The van der Waals surface area contributed by atoms with Gasteiger partial charge >= 0.3 is 0 Å². The summed E-state index contributed by atoms with van der Waals surface area (Å²) in [6, 6.07) is 5.72. The largest absolute Gasteiger partial charge is 0.497 e. The molecule has 0 spiro atoms. The smallest absolute Gasteiger partial charge is 0.127 e. The van der Waals surface area contributed by atoms with E-state index in [0.717, 1.165) is 23.5 Å². The summed E-state index contributed by atoms with van der Waals surface area (Å²) < 4.78 is 10.4. The summed E-state index contributed by atoms with van der Waals surface area (Å²) in [7, 11) is 3.27. The molecular weight excluding hydrogens is 214 g/mol. The van der Waals surface area contributed by atoms with Gasteiger partial charge < -0.3 is 15.2 Å². The third-order valence-electron chi connectivity index (χ3n) is 2.28. The predicted octanol–water partition coefficient (Wildman–Crippen LogP) is 2.54. The molecule has 0 aliphatic heterocycles. The van der Waals surface area contributed by atoms with E-state index in [1.54, 1.807) is 14.2 Å². The first-order chi connectivity index (χ1) is 6.72. The van der Waals surface area contributed by atoms with Crippen molar-refractivity contribution in [3.05, 3.63) is 23.8 Å². The fourth-order valence-corrected chi connectivity index (χ4v) is 1.34. The Bertz CT molecular complexity index is 305. The van der Waals surface area contributed by atoms with Crippen LogP contribution in [0.2, 0.25) is 0 Å². The van der Waals surface area contributed by atoms with Gasteiger partial charge in [-0.05, 0) is 12.5 Å². The van der Waals surface area contributed by atoms with Crippen molar-refractivity contribution in [2.75, 3.05) is 14.2 Å². The lowest BCUT2D eigenvalue weighted by Crippen LogP contribution is -2.10. The molecule has 0 amide bonds. The summed E-state index contributed by atoms with van der Waals surface area (Å²) in [6.45, 7) is 2.05. The van der Waals surface area contributed by atoms with Crippen molar-refractivity contribution in [1.29, 1.82) is 0 Å². The summed E-state index contributed by atoms with van der Waals surface area (Å²) in [6.07, 6.45) is 0.892. The van der Waals surface area contributed by atoms with Crippen molar-refractivity contribution < 1.29 is 9.47 Å². The number of nitrogens with two attached hydrogens (primary N) is 1. The van der Waals surface area contributed by atoms with Crippen LogP contribution in [0, 0.1) is 0 Å². The highest BCUT2D eigenvalue weighted by Crippen LogP contribution is 2.29. The number of hydrogen-bond acceptors (Lipinski definition) is 3. The van der Waals surface area contributed by atoms with Crippen LogP contribution >= 0.6 is 12.4 Å². The lowest BCUT2D eigenvalue weighted by Gasteiger charge is -2.14. The van der Waals surface area contributed by atoms with E-state index in [1.165, 1.54) is 0 Å². The molecule has 0 saturated carbocycles. The summed E-state index contributed by atoms with van der Waals surface area (Å²) in [5.41, 5.74) is 6.97. The van der Waals surface area contributed by atoms with Crippen LogP contribution in [0.3, 0.4) is 0 Å². The van der Waals surface area contributed by atoms with E-state index in [9.17, 15) is 0 Å². The van der Waals surface area contributed by atoms with Gasteiger partial charge in [-0.2, -0.15) is 0 Å². The molecule has 1 aromatic carbocycles. The van der Waals surface area contributed by atoms with Crippen LogP contribution in [0.25, 0.3) is 0 Å². The molecule has 3 nitrogen and oxygen atoms in total. The third kappa shape index (κ3) is 3.29. The van der Waals surface area contributed by atoms with Crippen LogP contribution in [-0.4, -0.2) is 14.2 Å². The van der Waals surface area contributed by atoms with Gasteiger partial charge in [0, 0.05) is 17.7 Å². The number of ether oxygens (including phenoxy) is 2. The van der Waals surface area contributed by atoms with Crippen molar-refractivity contribution in [1.82, 2.24) is 0 Å². The molecule has 0 radical (unpaired) electrons. The topological polar surface area (TPSA) is 44.5 Å². The lowest BCUT2D eigenvalue weighted by atomic mass is 10.0. The number of benzene rings is 1. The van der Waals surface area contributed by atoms with Crippen LogP contribution in [0.1, 0.15) is 24.9 Å². The minimum atomic E-state index is 0. The van der Waals surface area contributed by atoms with Crippen LogP contribution in [0.5, 0.6) is 11.5 Å². The van der Waals surface area contributed by atoms with E-state index in [0.29, 0.717) is 0 Å². The second-order valence-electron chi connectivity index (χ2n) is 3.12. The molecule has 0 aromatic heterocycles. The molecule has 1 atom stereocenters. The Morgan fingerprint density at radius 3 is 2.40 bits per heavy atom. The maximum atomic E-state index is 5.94. The first-order valence-electron chi connectivity index (χ1n) is 4.70. The van der Waals surface area contributed by atoms with Crippen molar-refractivity contribution in [2.24, 2.45) is 5.73 Å². The van der Waals surface area contributed by atoms with Gasteiger partial charge in [0.15, 0.2) is 0 Å². The molecule has 0 heterocycles. The molecule has 4 heteroatoms. The van der Waals surface area contributed by atoms with Gasteiger partial charge in [0.25, 0.3) is 0 Å². The van der Waals surface area contributed by atoms with E-state index in [-0.39, 0.29) is 18.4 Å². The monoisotopic (exact) mass is 231 g/mol. The zero-order valence-electron chi connectivity index (χ0n) is 9.32. The zero-order valence-corrected chi connectivity index (χ0v) is 10.1. The Morgan fingerprint density at radius 1 is 1.27 bits per heavy atom. The Kier molecular flexibility index (Phi) is 6.13. The van der Waals surface area contributed by atoms with Crippen molar-refractivity contribution >= 4 is 12.4 Å². The summed E-state index contributed by atoms with van der Waals surface area (Å²) in [5, 5.41) is 0. The average molecular weight is 232 g/mol. The molecule has 0 fully saturated rings. The number of halogens is 1. The molecule has 0 unspecified atom stereocenters. The maximum absolute atomic E-state index is 5.94. The van der Waals surface area contributed by atoms with Crippen molar-refractivity contribution in [3.63, 3.8) is 0 Å². The second-order valence-corrected chi connectivity index (χ2v) is 3.12. The van der Waals surface area contributed by atoms with E-state index in [4.69, 9.17) is 15.2 Å². The second kappa shape index (κ2) is 6.53. The molecule has 0 bridgehead atoms. The Balaban J connectivity index is 0.00000196. The highest BCUT2D eigenvalue weighted by Gasteiger charge is 2.10. The van der Waals surface area contributed by atoms with Gasteiger partial charge in [0.1, 0.15) is 11.5 Å². The molecule has 1 aromatic rings. The summed E-state index contributed by atoms with van der Waals surface area (Å²) in [5.74, 6) is 1.58. The van der Waals surface area contributed by atoms with E-state index < -0.39 is 0 Å². The highest BCUT2D eigenvalue weighted by molar-refractivity contribution is 5.85. The fraction of sp³-hybridized carbons (Fsp3) is 0.455. The van der Waals surface area contributed by atoms with Gasteiger partial charge in [-0.1, -0.05) is 13.0 Å². The lowest BCUT2D eigenvalue weighted by molar-refractivity contribution is 0.388. The molecule has 15 heavy (non-hydrogen) atoms. The predicted molar refractivity (Wildman–Crippen MR) is 64.0 cm³/mol. The number of hydrogen-bond donors (Lipinski definition) is 1. The van der Waals surface area contributed by atoms with Gasteiger partial charge in [0.05, 0.1) is 14.2 Å². The van der Waals surface area contributed by atoms with E-state index >= 15 is 0 Å². The summed E-state index contributed by atoms with van der Waals surface area (Å²) >= 11 is 0. The summed E-state index contributed by atoms with van der Waals surface area (Å²) in [4.78, 5) is 0. The Labute approximate surface area is 97.0 Å². The molecule has 0 saturated heterocycles. The highest BCUT2D eigenvalue weighted by atomic mass is 35.5. The van der Waals surface area contributed by atoms with Gasteiger partial charge in [0.2, 0.25) is 0 Å². The first kappa shape index (κ1) is 14.1. The third-order valence-corrected chi connectivity index (χ3v) is 2.28. The van der Waals surface area contributed by atoms with Crippen molar-refractivity contribution in [2.45, 2.75) is 19.4 Å². The minimum Gasteiger partial charge on any atom is -0.497 e. The average Bonchev–Trinajstić information content (AvgIpc) is 2.27. The van der Waals surface area contributed by atoms with Crippen LogP contribution in [-0.2, 0) is 0 Å². The van der Waals surface area contributed by atoms with Gasteiger partial charge in [-0.15, -0.1) is 12.4 Å². The molecular formula is C11H18ClNO2. The molecule has 2 N–H and O–H groups in total. The van der Waals surface area contributed by atoms with Gasteiger partial charge in [-0.3, -0.25) is 0 Å². The Morgan fingerprint density at radius 2 is 1.93 bits per heavy atom. The number of methoxy groups -OCH3 is 2. The number of rotatable bonds is 4. The van der Waals surface area contributed by atoms with Gasteiger partial charge in [-0.25, -0.2) is 0 Å². The minimum absolute atomic E-state index is 0. The standard InChI is InChI=1S/C11H17NO2.ClH/c1-4-10(12)9-6-5-8(13-2)7-11(9)14-3;/h5-7,10H,4,12H2,1-3H3;1H/t10-;/m0./s1. The first-order valence-corrected chi connectivity index (χ1v) is 4.70. The maximum Gasteiger partial charge on any atom is 0.127 e. The van der Waals surface area contributed by atoms with Crippen LogP contribution < -0.4 is 15.2 Å². The molecule has 1 rings (SSSR count).